The van der Waals surface area contributed by atoms with Gasteiger partial charge in [-0.3, -0.25) is 0 Å². The first-order valence-electron chi connectivity index (χ1n) is 3.32. The average Bonchev–Trinajstić information content (AvgIpc) is 2.01. The van der Waals surface area contributed by atoms with Crippen molar-refractivity contribution in [1.29, 1.82) is 0 Å². The van der Waals surface area contributed by atoms with E-state index in [0.29, 0.717) is 12.0 Å². The van der Waals surface area contributed by atoms with Crippen LogP contribution in [0.1, 0.15) is 12.5 Å². The molecule has 60 valence electrons. The topological polar surface area (TPSA) is 20.2 Å². The molecule has 0 fully saturated rings. The van der Waals surface area contributed by atoms with E-state index in [0.717, 1.165) is 6.07 Å². The molecule has 0 spiro atoms. The monoisotopic (exact) mass is 158 g/mol. The van der Waals surface area contributed by atoms with E-state index >= 15 is 0 Å². The summed E-state index contributed by atoms with van der Waals surface area (Å²) in [6.45, 7) is 1.76. The average molecular weight is 158 g/mol. The zero-order valence-electron chi connectivity index (χ0n) is 6.06. The zero-order valence-corrected chi connectivity index (χ0v) is 6.06. The third-order valence-corrected chi connectivity index (χ3v) is 1.53. The molecule has 1 aromatic rings. The van der Waals surface area contributed by atoms with Crippen molar-refractivity contribution < 1.29 is 13.9 Å². The number of benzene rings is 1. The van der Waals surface area contributed by atoms with Gasteiger partial charge in [-0.05, 0) is 18.1 Å². The molecule has 1 rings (SSSR count). The third-order valence-electron chi connectivity index (χ3n) is 1.53. The lowest BCUT2D eigenvalue weighted by Crippen LogP contribution is -1.89. The first kappa shape index (κ1) is 7.98. The molecule has 0 amide bonds. The van der Waals surface area contributed by atoms with Crippen LogP contribution in [-0.4, -0.2) is 5.11 Å². The summed E-state index contributed by atoms with van der Waals surface area (Å²) in [6, 6.07) is 2.38. The minimum absolute atomic E-state index is 0.420. The molecule has 0 bridgehead atoms. The van der Waals surface area contributed by atoms with Crippen molar-refractivity contribution >= 4 is 0 Å². The van der Waals surface area contributed by atoms with Crippen molar-refractivity contribution in [3.63, 3.8) is 0 Å². The number of aryl methyl sites for hydroxylation is 1. The molecular weight excluding hydrogens is 150 g/mol. The standard InChI is InChI=1S/C8H8F2O/c1-2-5-3-4-6(9)7(10)8(5)11/h3-4,11H,2H2,1H3. The van der Waals surface area contributed by atoms with Gasteiger partial charge in [0.05, 0.1) is 0 Å². The third kappa shape index (κ3) is 1.31. The summed E-state index contributed by atoms with van der Waals surface area (Å²) in [6.07, 6.45) is 0.489. The maximum Gasteiger partial charge on any atom is 0.200 e. The van der Waals surface area contributed by atoms with Crippen LogP contribution in [0.25, 0.3) is 0 Å². The molecule has 0 aliphatic carbocycles. The largest absolute Gasteiger partial charge is 0.505 e. The van der Waals surface area contributed by atoms with Crippen molar-refractivity contribution in [3.05, 3.63) is 29.3 Å². The Morgan fingerprint density at radius 3 is 2.55 bits per heavy atom. The van der Waals surface area contributed by atoms with Gasteiger partial charge in [0.15, 0.2) is 11.6 Å². The van der Waals surface area contributed by atoms with E-state index < -0.39 is 17.4 Å². The fourth-order valence-corrected chi connectivity index (χ4v) is 0.865. The van der Waals surface area contributed by atoms with E-state index in [2.05, 4.69) is 0 Å². The van der Waals surface area contributed by atoms with Gasteiger partial charge < -0.3 is 5.11 Å². The number of rotatable bonds is 1. The van der Waals surface area contributed by atoms with Gasteiger partial charge >= 0.3 is 0 Å². The highest BCUT2D eigenvalue weighted by molar-refractivity contribution is 5.34. The minimum atomic E-state index is -1.16. The van der Waals surface area contributed by atoms with Crippen LogP contribution in [-0.2, 0) is 6.42 Å². The Morgan fingerprint density at radius 1 is 1.36 bits per heavy atom. The highest BCUT2D eigenvalue weighted by atomic mass is 19.2. The molecule has 11 heavy (non-hydrogen) atoms. The normalized spacial score (nSPS) is 10.1. The molecule has 3 heteroatoms. The lowest BCUT2D eigenvalue weighted by atomic mass is 10.1. The van der Waals surface area contributed by atoms with Gasteiger partial charge in [0.1, 0.15) is 0 Å². The maximum atomic E-state index is 12.6. The minimum Gasteiger partial charge on any atom is -0.505 e. The Morgan fingerprint density at radius 2 is 2.00 bits per heavy atom. The fraction of sp³-hybridized carbons (Fsp3) is 0.250. The summed E-state index contributed by atoms with van der Waals surface area (Å²) in [5.41, 5.74) is 0.420. The summed E-state index contributed by atoms with van der Waals surface area (Å²) in [5.74, 6) is -2.75. The molecule has 0 aliphatic rings. The molecule has 0 radical (unpaired) electrons. The quantitative estimate of drug-likeness (QED) is 0.664. The van der Waals surface area contributed by atoms with Gasteiger partial charge in [-0.25, -0.2) is 4.39 Å². The number of phenolic OH excluding ortho intramolecular Hbond substituents is 1. The van der Waals surface area contributed by atoms with Crippen molar-refractivity contribution in [2.45, 2.75) is 13.3 Å². The lowest BCUT2D eigenvalue weighted by molar-refractivity contribution is 0.402. The van der Waals surface area contributed by atoms with Gasteiger partial charge in [0, 0.05) is 0 Å². The number of phenols is 1. The van der Waals surface area contributed by atoms with Crippen molar-refractivity contribution in [1.82, 2.24) is 0 Å². The highest BCUT2D eigenvalue weighted by Gasteiger charge is 2.09. The van der Waals surface area contributed by atoms with E-state index in [1.807, 2.05) is 0 Å². The molecule has 1 N–H and O–H groups in total. The van der Waals surface area contributed by atoms with Crippen molar-refractivity contribution in [2.24, 2.45) is 0 Å². The van der Waals surface area contributed by atoms with Crippen molar-refractivity contribution in [3.8, 4) is 5.75 Å². The van der Waals surface area contributed by atoms with Crippen LogP contribution in [0.2, 0.25) is 0 Å². The Hall–Kier alpha value is -1.12. The van der Waals surface area contributed by atoms with Crippen LogP contribution in [0.4, 0.5) is 8.78 Å². The summed E-state index contributed by atoms with van der Waals surface area (Å²) in [4.78, 5) is 0. The van der Waals surface area contributed by atoms with E-state index in [4.69, 9.17) is 5.11 Å². The number of halogens is 2. The van der Waals surface area contributed by atoms with Crippen molar-refractivity contribution in [2.75, 3.05) is 0 Å². The Labute approximate surface area is 63.3 Å². The molecule has 1 aromatic carbocycles. The molecule has 0 saturated carbocycles. The predicted octanol–water partition coefficient (Wildman–Crippen LogP) is 2.23. The second kappa shape index (κ2) is 2.86. The van der Waals surface area contributed by atoms with Crippen LogP contribution in [0.3, 0.4) is 0 Å². The number of aromatic hydroxyl groups is 1. The maximum absolute atomic E-state index is 12.6. The van der Waals surface area contributed by atoms with Gasteiger partial charge in [-0.1, -0.05) is 13.0 Å². The second-order valence-corrected chi connectivity index (χ2v) is 2.22. The first-order valence-corrected chi connectivity index (χ1v) is 3.32. The Kier molecular flexibility index (Phi) is 2.08. The summed E-state index contributed by atoms with van der Waals surface area (Å²) < 4.78 is 24.9. The molecule has 0 atom stereocenters. The van der Waals surface area contributed by atoms with Crippen LogP contribution in [0.5, 0.6) is 5.75 Å². The molecule has 0 saturated heterocycles. The first-order chi connectivity index (χ1) is 5.16. The second-order valence-electron chi connectivity index (χ2n) is 2.22. The van der Waals surface area contributed by atoms with Crippen LogP contribution in [0, 0.1) is 11.6 Å². The highest BCUT2D eigenvalue weighted by Crippen LogP contribution is 2.23. The zero-order chi connectivity index (χ0) is 8.43. The summed E-state index contributed by atoms with van der Waals surface area (Å²) in [5, 5.41) is 8.96. The smallest absolute Gasteiger partial charge is 0.200 e. The Bertz CT molecular complexity index is 271. The van der Waals surface area contributed by atoms with Crippen LogP contribution >= 0.6 is 0 Å². The van der Waals surface area contributed by atoms with Gasteiger partial charge in [-0.15, -0.1) is 0 Å². The number of hydrogen-bond donors (Lipinski definition) is 1. The summed E-state index contributed by atoms with van der Waals surface area (Å²) in [7, 11) is 0. The summed E-state index contributed by atoms with van der Waals surface area (Å²) >= 11 is 0. The van der Waals surface area contributed by atoms with Gasteiger partial charge in [0.2, 0.25) is 5.82 Å². The SMILES string of the molecule is CCc1ccc(F)c(F)c1O. The Balaban J connectivity index is 3.25. The lowest BCUT2D eigenvalue weighted by Gasteiger charge is -2.01. The molecular formula is C8H8F2O. The van der Waals surface area contributed by atoms with E-state index in [9.17, 15) is 8.78 Å². The molecule has 0 heterocycles. The molecule has 0 unspecified atom stereocenters. The molecule has 1 nitrogen and oxygen atoms in total. The molecule has 0 aromatic heterocycles. The fourth-order valence-electron chi connectivity index (χ4n) is 0.865. The van der Waals surface area contributed by atoms with Crippen LogP contribution in [0.15, 0.2) is 12.1 Å². The number of hydrogen-bond acceptors (Lipinski definition) is 1. The van der Waals surface area contributed by atoms with Crippen LogP contribution < -0.4 is 0 Å². The van der Waals surface area contributed by atoms with Gasteiger partial charge in [0.25, 0.3) is 0 Å². The van der Waals surface area contributed by atoms with Gasteiger partial charge in [-0.2, -0.15) is 4.39 Å². The van der Waals surface area contributed by atoms with E-state index in [-0.39, 0.29) is 0 Å². The molecule has 0 aliphatic heterocycles. The van der Waals surface area contributed by atoms with E-state index in [1.54, 1.807) is 6.92 Å². The predicted molar refractivity (Wildman–Crippen MR) is 37.4 cm³/mol. The van der Waals surface area contributed by atoms with E-state index in [1.165, 1.54) is 6.07 Å².